The maximum atomic E-state index is 11.8. The molecule has 2 N–H and O–H groups in total. The highest BCUT2D eigenvalue weighted by molar-refractivity contribution is 5.94. The van der Waals surface area contributed by atoms with Crippen molar-refractivity contribution in [1.29, 1.82) is 0 Å². The van der Waals surface area contributed by atoms with Gasteiger partial charge in [0.25, 0.3) is 5.91 Å². The van der Waals surface area contributed by atoms with Crippen LogP contribution in [0.4, 0.5) is 0 Å². The number of amides is 1. The highest BCUT2D eigenvalue weighted by atomic mass is 16.1. The molecule has 0 aliphatic heterocycles. The van der Waals surface area contributed by atoms with Crippen LogP contribution in [0.15, 0.2) is 42.7 Å². The standard InChI is InChI=1S/C14H16N2O/c1-11-3-2-4-13(9-11)14(17)16-8-6-12-5-7-15-10-12/h2-5,7,9-10,15H,6,8H2,1H3,(H,16,17). The van der Waals surface area contributed by atoms with Crippen LogP contribution in [0.2, 0.25) is 0 Å². The first-order valence-corrected chi connectivity index (χ1v) is 5.72. The summed E-state index contributed by atoms with van der Waals surface area (Å²) in [6, 6.07) is 9.62. The third kappa shape index (κ3) is 3.21. The van der Waals surface area contributed by atoms with Gasteiger partial charge in [0.1, 0.15) is 0 Å². The number of rotatable bonds is 4. The summed E-state index contributed by atoms with van der Waals surface area (Å²) < 4.78 is 0. The number of aromatic nitrogens is 1. The van der Waals surface area contributed by atoms with Gasteiger partial charge in [0.15, 0.2) is 0 Å². The van der Waals surface area contributed by atoms with Crippen LogP contribution in [-0.4, -0.2) is 17.4 Å². The zero-order valence-electron chi connectivity index (χ0n) is 9.86. The number of benzene rings is 1. The van der Waals surface area contributed by atoms with E-state index in [1.54, 1.807) is 0 Å². The Balaban J connectivity index is 1.85. The Morgan fingerprint density at radius 2 is 2.24 bits per heavy atom. The van der Waals surface area contributed by atoms with E-state index < -0.39 is 0 Å². The van der Waals surface area contributed by atoms with Gasteiger partial charge in [-0.05, 0) is 37.1 Å². The normalized spacial score (nSPS) is 10.2. The molecule has 1 heterocycles. The number of nitrogens with one attached hydrogen (secondary N) is 2. The summed E-state index contributed by atoms with van der Waals surface area (Å²) in [6.45, 7) is 2.64. The molecule has 1 aromatic carbocycles. The Labute approximate surface area is 101 Å². The van der Waals surface area contributed by atoms with Crippen LogP contribution in [0, 0.1) is 6.92 Å². The lowest BCUT2D eigenvalue weighted by atomic mass is 10.1. The van der Waals surface area contributed by atoms with Crippen molar-refractivity contribution in [1.82, 2.24) is 10.3 Å². The molecular formula is C14H16N2O. The van der Waals surface area contributed by atoms with Crippen molar-refractivity contribution in [3.05, 3.63) is 59.4 Å². The Kier molecular flexibility index (Phi) is 3.60. The summed E-state index contributed by atoms with van der Waals surface area (Å²) in [5, 5.41) is 2.91. The Morgan fingerprint density at radius 3 is 2.94 bits per heavy atom. The molecule has 3 nitrogen and oxygen atoms in total. The molecule has 0 spiro atoms. The first kappa shape index (κ1) is 11.5. The molecule has 0 atom stereocenters. The topological polar surface area (TPSA) is 44.9 Å². The van der Waals surface area contributed by atoms with Crippen molar-refractivity contribution in [3.8, 4) is 0 Å². The summed E-state index contributed by atoms with van der Waals surface area (Å²) in [7, 11) is 0. The second-order valence-corrected chi connectivity index (χ2v) is 4.09. The second kappa shape index (κ2) is 5.34. The van der Waals surface area contributed by atoms with Gasteiger partial charge in [-0.3, -0.25) is 4.79 Å². The SMILES string of the molecule is Cc1cccc(C(=O)NCCc2cc[nH]c2)c1. The van der Waals surface area contributed by atoms with Crippen LogP contribution in [-0.2, 0) is 6.42 Å². The molecule has 17 heavy (non-hydrogen) atoms. The molecule has 0 saturated heterocycles. The average Bonchev–Trinajstić information content (AvgIpc) is 2.82. The number of aryl methyl sites for hydroxylation is 1. The molecule has 0 radical (unpaired) electrons. The largest absolute Gasteiger partial charge is 0.367 e. The Bertz CT molecular complexity index is 489. The van der Waals surface area contributed by atoms with Gasteiger partial charge in [0.2, 0.25) is 0 Å². The lowest BCUT2D eigenvalue weighted by Gasteiger charge is -2.05. The molecule has 0 bridgehead atoms. The number of hydrogen-bond donors (Lipinski definition) is 2. The minimum Gasteiger partial charge on any atom is -0.367 e. The fourth-order valence-corrected chi connectivity index (χ4v) is 1.72. The molecule has 2 rings (SSSR count). The van der Waals surface area contributed by atoms with Crippen LogP contribution < -0.4 is 5.32 Å². The highest BCUT2D eigenvalue weighted by Crippen LogP contribution is 2.03. The number of H-pyrrole nitrogens is 1. The number of aromatic amines is 1. The minimum absolute atomic E-state index is 0.00997. The fraction of sp³-hybridized carbons (Fsp3) is 0.214. The van der Waals surface area contributed by atoms with Gasteiger partial charge in [-0.2, -0.15) is 0 Å². The molecule has 88 valence electrons. The summed E-state index contributed by atoms with van der Waals surface area (Å²) >= 11 is 0. The molecule has 1 aromatic heterocycles. The maximum absolute atomic E-state index is 11.8. The van der Waals surface area contributed by atoms with Crippen molar-refractivity contribution in [2.45, 2.75) is 13.3 Å². The zero-order valence-corrected chi connectivity index (χ0v) is 9.86. The van der Waals surface area contributed by atoms with E-state index in [0.717, 1.165) is 17.5 Å². The van der Waals surface area contributed by atoms with E-state index in [9.17, 15) is 4.79 Å². The monoisotopic (exact) mass is 228 g/mol. The molecule has 2 aromatic rings. The second-order valence-electron chi connectivity index (χ2n) is 4.09. The Hall–Kier alpha value is -2.03. The van der Waals surface area contributed by atoms with Gasteiger partial charge in [0.05, 0.1) is 0 Å². The summed E-state index contributed by atoms with van der Waals surface area (Å²) in [5.74, 6) is -0.00997. The molecule has 1 amide bonds. The van der Waals surface area contributed by atoms with E-state index in [4.69, 9.17) is 0 Å². The summed E-state index contributed by atoms with van der Waals surface area (Å²) in [6.07, 6.45) is 4.68. The van der Waals surface area contributed by atoms with E-state index in [1.807, 2.05) is 49.6 Å². The zero-order chi connectivity index (χ0) is 12.1. The smallest absolute Gasteiger partial charge is 0.251 e. The predicted molar refractivity (Wildman–Crippen MR) is 68.0 cm³/mol. The molecule has 0 saturated carbocycles. The van der Waals surface area contributed by atoms with E-state index in [1.165, 1.54) is 5.56 Å². The molecule has 0 aliphatic rings. The van der Waals surface area contributed by atoms with E-state index >= 15 is 0 Å². The first-order chi connectivity index (χ1) is 8.25. The van der Waals surface area contributed by atoms with Crippen LogP contribution in [0.1, 0.15) is 21.5 Å². The lowest BCUT2D eigenvalue weighted by Crippen LogP contribution is -2.25. The van der Waals surface area contributed by atoms with Crippen LogP contribution in [0.25, 0.3) is 0 Å². The van der Waals surface area contributed by atoms with Crippen molar-refractivity contribution < 1.29 is 4.79 Å². The van der Waals surface area contributed by atoms with Crippen molar-refractivity contribution in [3.63, 3.8) is 0 Å². The van der Waals surface area contributed by atoms with E-state index in [2.05, 4.69) is 10.3 Å². The van der Waals surface area contributed by atoms with Crippen LogP contribution in [0.5, 0.6) is 0 Å². The van der Waals surface area contributed by atoms with Crippen LogP contribution in [0.3, 0.4) is 0 Å². The summed E-state index contributed by atoms with van der Waals surface area (Å²) in [5.41, 5.74) is 3.02. The molecule has 0 unspecified atom stereocenters. The average molecular weight is 228 g/mol. The molecular weight excluding hydrogens is 212 g/mol. The Morgan fingerprint density at radius 1 is 1.35 bits per heavy atom. The number of carbonyl (C=O) groups excluding carboxylic acids is 1. The third-order valence-corrected chi connectivity index (χ3v) is 2.64. The maximum Gasteiger partial charge on any atom is 0.251 e. The van der Waals surface area contributed by atoms with E-state index in [0.29, 0.717) is 6.54 Å². The van der Waals surface area contributed by atoms with Crippen LogP contribution >= 0.6 is 0 Å². The van der Waals surface area contributed by atoms with Gasteiger partial charge in [-0.1, -0.05) is 17.7 Å². The number of hydrogen-bond acceptors (Lipinski definition) is 1. The molecule has 3 heteroatoms. The quantitative estimate of drug-likeness (QED) is 0.828. The van der Waals surface area contributed by atoms with Gasteiger partial charge in [0, 0.05) is 24.5 Å². The van der Waals surface area contributed by atoms with Gasteiger partial charge in [-0.25, -0.2) is 0 Å². The van der Waals surface area contributed by atoms with Gasteiger partial charge in [-0.15, -0.1) is 0 Å². The number of carbonyl (C=O) groups is 1. The van der Waals surface area contributed by atoms with E-state index in [-0.39, 0.29) is 5.91 Å². The van der Waals surface area contributed by atoms with Gasteiger partial charge < -0.3 is 10.3 Å². The van der Waals surface area contributed by atoms with Gasteiger partial charge >= 0.3 is 0 Å². The van der Waals surface area contributed by atoms with Crippen molar-refractivity contribution in [2.24, 2.45) is 0 Å². The lowest BCUT2D eigenvalue weighted by molar-refractivity contribution is 0.0954. The molecule has 0 aliphatic carbocycles. The van der Waals surface area contributed by atoms with Crippen molar-refractivity contribution >= 4 is 5.91 Å². The third-order valence-electron chi connectivity index (χ3n) is 2.64. The fourth-order valence-electron chi connectivity index (χ4n) is 1.72. The minimum atomic E-state index is -0.00997. The summed E-state index contributed by atoms with van der Waals surface area (Å²) in [4.78, 5) is 14.8. The first-order valence-electron chi connectivity index (χ1n) is 5.72. The van der Waals surface area contributed by atoms with Crippen molar-refractivity contribution in [2.75, 3.05) is 6.54 Å². The highest BCUT2D eigenvalue weighted by Gasteiger charge is 2.04. The molecule has 0 fully saturated rings. The predicted octanol–water partition coefficient (Wildman–Crippen LogP) is 2.30.